The third kappa shape index (κ3) is 1.53. The Bertz CT molecular complexity index is 97.6. The van der Waals surface area contributed by atoms with Gasteiger partial charge in [-0.05, 0) is 6.92 Å². The summed E-state index contributed by atoms with van der Waals surface area (Å²) < 4.78 is 0. The Morgan fingerprint density at radius 1 is 1.50 bits per heavy atom. The van der Waals surface area contributed by atoms with E-state index in [0.29, 0.717) is 0 Å². The van der Waals surface area contributed by atoms with E-state index in [1.54, 1.807) is 6.92 Å². The van der Waals surface area contributed by atoms with Crippen LogP contribution in [0.2, 0.25) is 0 Å². The van der Waals surface area contributed by atoms with E-state index in [9.17, 15) is 0 Å². The molecule has 2 heteroatoms. The third-order valence-electron chi connectivity index (χ3n) is 1.05. The second-order valence-corrected chi connectivity index (χ2v) is 2.02. The lowest BCUT2D eigenvalue weighted by Crippen LogP contribution is -2.23. The molecule has 0 unspecified atom stereocenters. The zero-order valence-electron chi connectivity index (χ0n) is 4.89. The highest BCUT2D eigenvalue weighted by molar-refractivity contribution is 5.02. The van der Waals surface area contributed by atoms with Gasteiger partial charge in [-0.1, -0.05) is 5.92 Å². The molecule has 0 saturated carbocycles. The van der Waals surface area contributed by atoms with E-state index in [4.69, 9.17) is 16.6 Å². The molecule has 0 atom stereocenters. The molecule has 0 bridgehead atoms. The van der Waals surface area contributed by atoms with Crippen LogP contribution in [0.25, 0.3) is 0 Å². The van der Waals surface area contributed by atoms with Crippen molar-refractivity contribution in [3.8, 4) is 12.3 Å². The molecule has 8 heavy (non-hydrogen) atoms. The Balaban J connectivity index is 3.83. The van der Waals surface area contributed by atoms with E-state index in [0.717, 1.165) is 0 Å². The van der Waals surface area contributed by atoms with Crippen molar-refractivity contribution in [1.82, 2.24) is 0 Å². The molecule has 0 fully saturated rings. The van der Waals surface area contributed by atoms with Gasteiger partial charge in [0.2, 0.25) is 0 Å². The molecule has 2 N–H and O–H groups in total. The van der Waals surface area contributed by atoms with Gasteiger partial charge in [-0.3, -0.25) is 0 Å². The minimum atomic E-state index is -0.736. The van der Waals surface area contributed by atoms with E-state index in [-0.39, 0.29) is 13.2 Å². The second kappa shape index (κ2) is 2.71. The van der Waals surface area contributed by atoms with Crippen molar-refractivity contribution < 1.29 is 10.2 Å². The summed E-state index contributed by atoms with van der Waals surface area (Å²) in [5.74, 6) is 2.28. The molecule has 0 aromatic heterocycles. The fraction of sp³-hybridized carbons (Fsp3) is 0.667. The summed E-state index contributed by atoms with van der Waals surface area (Å²) in [4.78, 5) is 0. The maximum atomic E-state index is 8.48. The smallest absolute Gasteiger partial charge is 0.0744 e. The van der Waals surface area contributed by atoms with Crippen molar-refractivity contribution in [2.45, 2.75) is 6.92 Å². The van der Waals surface area contributed by atoms with Gasteiger partial charge in [-0.25, -0.2) is 0 Å². The zero-order valence-corrected chi connectivity index (χ0v) is 4.89. The van der Waals surface area contributed by atoms with Crippen LogP contribution in [0.4, 0.5) is 0 Å². The van der Waals surface area contributed by atoms with Crippen molar-refractivity contribution in [3.63, 3.8) is 0 Å². The molecule has 46 valence electrons. The van der Waals surface area contributed by atoms with Crippen LogP contribution in [0.5, 0.6) is 0 Å². The Hall–Kier alpha value is -0.520. The molecular weight excluding hydrogens is 104 g/mol. The lowest BCUT2D eigenvalue weighted by atomic mass is 9.95. The van der Waals surface area contributed by atoms with Crippen LogP contribution in [0.15, 0.2) is 0 Å². The van der Waals surface area contributed by atoms with Gasteiger partial charge < -0.3 is 10.2 Å². The van der Waals surface area contributed by atoms with Gasteiger partial charge in [0, 0.05) is 0 Å². The van der Waals surface area contributed by atoms with Crippen molar-refractivity contribution in [2.75, 3.05) is 13.2 Å². The predicted octanol–water partition coefficient (Wildman–Crippen LogP) is -0.389. The largest absolute Gasteiger partial charge is 0.395 e. The first-order valence-electron chi connectivity index (χ1n) is 2.38. The van der Waals surface area contributed by atoms with Gasteiger partial charge in [-0.15, -0.1) is 6.42 Å². The monoisotopic (exact) mass is 114 g/mol. The molecule has 0 aliphatic carbocycles. The fourth-order valence-electron chi connectivity index (χ4n) is 0.141. The normalized spacial score (nSPS) is 10.8. The van der Waals surface area contributed by atoms with Gasteiger partial charge in [0.25, 0.3) is 0 Å². The zero-order chi connectivity index (χ0) is 6.62. The molecule has 2 nitrogen and oxygen atoms in total. The first kappa shape index (κ1) is 7.48. The van der Waals surface area contributed by atoms with E-state index in [1.807, 2.05) is 0 Å². The summed E-state index contributed by atoms with van der Waals surface area (Å²) in [5, 5.41) is 17.0. The average molecular weight is 114 g/mol. The van der Waals surface area contributed by atoms with Gasteiger partial charge in [0.1, 0.15) is 0 Å². The van der Waals surface area contributed by atoms with Gasteiger partial charge in [0.15, 0.2) is 0 Å². The van der Waals surface area contributed by atoms with Crippen LogP contribution in [0.1, 0.15) is 6.92 Å². The van der Waals surface area contributed by atoms with E-state index >= 15 is 0 Å². The molecule has 0 aromatic rings. The summed E-state index contributed by atoms with van der Waals surface area (Å²) in [6, 6.07) is 0. The summed E-state index contributed by atoms with van der Waals surface area (Å²) >= 11 is 0. The number of aliphatic hydroxyl groups excluding tert-OH is 2. The molecule has 0 rings (SSSR count). The minimum Gasteiger partial charge on any atom is -0.395 e. The van der Waals surface area contributed by atoms with Gasteiger partial charge in [0.05, 0.1) is 18.6 Å². The van der Waals surface area contributed by atoms with Crippen molar-refractivity contribution >= 4 is 0 Å². The molecule has 0 aliphatic rings. The first-order valence-corrected chi connectivity index (χ1v) is 2.38. The molecule has 0 heterocycles. The van der Waals surface area contributed by atoms with E-state index in [2.05, 4.69) is 5.92 Å². The minimum absolute atomic E-state index is 0.167. The summed E-state index contributed by atoms with van der Waals surface area (Å²) in [6.45, 7) is 1.28. The second-order valence-electron chi connectivity index (χ2n) is 2.02. The molecule has 0 aliphatic heterocycles. The van der Waals surface area contributed by atoms with Crippen LogP contribution < -0.4 is 0 Å². The highest BCUT2D eigenvalue weighted by Gasteiger charge is 2.17. The average Bonchev–Trinajstić information content (AvgIpc) is 1.87. The van der Waals surface area contributed by atoms with E-state index in [1.165, 1.54) is 0 Å². The highest BCUT2D eigenvalue weighted by atomic mass is 16.3. The topological polar surface area (TPSA) is 40.5 Å². The molecule has 0 aromatic carbocycles. The maximum Gasteiger partial charge on any atom is 0.0744 e. The third-order valence-corrected chi connectivity index (χ3v) is 1.05. The first-order chi connectivity index (χ1) is 3.68. The van der Waals surface area contributed by atoms with Crippen molar-refractivity contribution in [3.05, 3.63) is 0 Å². The summed E-state index contributed by atoms with van der Waals surface area (Å²) in [5.41, 5.74) is -0.736. The number of terminal acetylenes is 1. The van der Waals surface area contributed by atoms with E-state index < -0.39 is 5.41 Å². The fourth-order valence-corrected chi connectivity index (χ4v) is 0.141. The Morgan fingerprint density at radius 2 is 1.88 bits per heavy atom. The van der Waals surface area contributed by atoms with Crippen LogP contribution in [0.3, 0.4) is 0 Å². The maximum absolute atomic E-state index is 8.48. The standard InChI is InChI=1S/C6H10O2/c1-3-6(2,4-7)5-8/h1,7-8H,4-5H2,2H3. The summed E-state index contributed by atoms with van der Waals surface area (Å²) in [7, 11) is 0. The SMILES string of the molecule is C#CC(C)(CO)CO. The van der Waals surface area contributed by atoms with Gasteiger partial charge >= 0.3 is 0 Å². The predicted molar refractivity (Wildman–Crippen MR) is 31.1 cm³/mol. The number of hydrogen-bond donors (Lipinski definition) is 2. The van der Waals surface area contributed by atoms with Crippen LogP contribution in [-0.4, -0.2) is 23.4 Å². The Kier molecular flexibility index (Phi) is 2.53. The van der Waals surface area contributed by atoms with Crippen LogP contribution >= 0.6 is 0 Å². The molecular formula is C6H10O2. The Labute approximate surface area is 49.2 Å². The molecule has 0 spiro atoms. The molecule has 0 saturated heterocycles. The van der Waals surface area contributed by atoms with Crippen molar-refractivity contribution in [1.29, 1.82) is 0 Å². The highest BCUT2D eigenvalue weighted by Crippen LogP contribution is 2.10. The van der Waals surface area contributed by atoms with Crippen LogP contribution in [-0.2, 0) is 0 Å². The lowest BCUT2D eigenvalue weighted by molar-refractivity contribution is 0.115. The summed E-state index contributed by atoms with van der Waals surface area (Å²) in [6.07, 6.45) is 4.96. The number of aliphatic hydroxyl groups is 2. The van der Waals surface area contributed by atoms with Crippen LogP contribution in [0, 0.1) is 17.8 Å². The van der Waals surface area contributed by atoms with Gasteiger partial charge in [-0.2, -0.15) is 0 Å². The quantitative estimate of drug-likeness (QED) is 0.480. The molecule has 0 amide bonds. The Morgan fingerprint density at radius 3 is 1.88 bits per heavy atom. The lowest BCUT2D eigenvalue weighted by Gasteiger charge is -2.15. The number of rotatable bonds is 2. The van der Waals surface area contributed by atoms with Crippen molar-refractivity contribution in [2.24, 2.45) is 5.41 Å². The number of hydrogen-bond acceptors (Lipinski definition) is 2. The molecule has 0 radical (unpaired) electrons.